The van der Waals surface area contributed by atoms with Gasteiger partial charge in [-0.25, -0.2) is 14.8 Å². The van der Waals surface area contributed by atoms with Gasteiger partial charge >= 0.3 is 5.97 Å². The number of hydrogen-bond donors (Lipinski definition) is 2. The standard InChI is InChI=1S/C10H10N4O2S2/c1-2-8-13-10(18-14-8)17-6-4-12-7(11)3-5(6)9(15)16/h3-4H,2H2,1H3,(H2,11,12)(H,15,16). The number of carbonyl (C=O) groups is 1. The van der Waals surface area contributed by atoms with Crippen LogP contribution in [-0.2, 0) is 6.42 Å². The maximum atomic E-state index is 11.1. The summed E-state index contributed by atoms with van der Waals surface area (Å²) in [6, 6.07) is 1.34. The van der Waals surface area contributed by atoms with E-state index in [1.54, 1.807) is 0 Å². The number of nitrogen functional groups attached to an aromatic ring is 1. The van der Waals surface area contributed by atoms with E-state index in [-0.39, 0.29) is 11.4 Å². The lowest BCUT2D eigenvalue weighted by atomic mass is 10.2. The van der Waals surface area contributed by atoms with Crippen LogP contribution in [0.5, 0.6) is 0 Å². The maximum Gasteiger partial charge on any atom is 0.337 e. The minimum Gasteiger partial charge on any atom is -0.478 e. The molecule has 0 aliphatic heterocycles. The summed E-state index contributed by atoms with van der Waals surface area (Å²) in [6.45, 7) is 1.96. The van der Waals surface area contributed by atoms with Crippen molar-refractivity contribution in [3.63, 3.8) is 0 Å². The summed E-state index contributed by atoms with van der Waals surface area (Å²) in [4.78, 5) is 19.8. The molecular formula is C10H10N4O2S2. The van der Waals surface area contributed by atoms with Crippen LogP contribution in [0.25, 0.3) is 0 Å². The highest BCUT2D eigenvalue weighted by atomic mass is 32.2. The molecule has 0 aromatic carbocycles. The van der Waals surface area contributed by atoms with E-state index in [1.807, 2.05) is 6.92 Å². The predicted octanol–water partition coefficient (Wildman–Crippen LogP) is 1.93. The Morgan fingerprint density at radius 2 is 2.39 bits per heavy atom. The van der Waals surface area contributed by atoms with E-state index in [9.17, 15) is 4.79 Å². The Balaban J connectivity index is 2.30. The number of pyridine rings is 1. The molecule has 94 valence electrons. The van der Waals surface area contributed by atoms with Gasteiger partial charge in [0, 0.05) is 17.5 Å². The Morgan fingerprint density at radius 3 is 3.00 bits per heavy atom. The lowest BCUT2D eigenvalue weighted by Crippen LogP contribution is -2.02. The molecule has 0 saturated carbocycles. The molecule has 2 heterocycles. The number of rotatable bonds is 4. The van der Waals surface area contributed by atoms with Crippen LogP contribution in [0, 0.1) is 0 Å². The average Bonchev–Trinajstić information content (AvgIpc) is 2.79. The fourth-order valence-corrected chi connectivity index (χ4v) is 2.96. The summed E-state index contributed by atoms with van der Waals surface area (Å²) in [5, 5.41) is 9.09. The largest absolute Gasteiger partial charge is 0.478 e. The quantitative estimate of drug-likeness (QED) is 0.883. The van der Waals surface area contributed by atoms with Crippen molar-refractivity contribution in [2.45, 2.75) is 22.6 Å². The van der Waals surface area contributed by atoms with E-state index in [0.717, 1.165) is 12.2 Å². The molecule has 0 fully saturated rings. The average molecular weight is 282 g/mol. The number of aromatic nitrogens is 3. The SMILES string of the molecule is CCc1nsc(Sc2cnc(N)cc2C(=O)O)n1. The molecule has 8 heteroatoms. The summed E-state index contributed by atoms with van der Waals surface area (Å²) in [5.41, 5.74) is 5.60. The zero-order valence-electron chi connectivity index (χ0n) is 9.45. The van der Waals surface area contributed by atoms with Crippen molar-refractivity contribution in [2.75, 3.05) is 5.73 Å². The van der Waals surface area contributed by atoms with Crippen LogP contribution < -0.4 is 5.73 Å². The molecular weight excluding hydrogens is 272 g/mol. The van der Waals surface area contributed by atoms with E-state index in [2.05, 4.69) is 14.3 Å². The molecule has 2 aromatic heterocycles. The highest BCUT2D eigenvalue weighted by molar-refractivity contribution is 8.01. The first-order valence-corrected chi connectivity index (χ1v) is 6.68. The topological polar surface area (TPSA) is 102 Å². The maximum absolute atomic E-state index is 11.1. The van der Waals surface area contributed by atoms with Gasteiger partial charge in [0.05, 0.1) is 5.56 Å². The number of anilines is 1. The summed E-state index contributed by atoms with van der Waals surface area (Å²) >= 11 is 2.48. The molecule has 0 aliphatic rings. The second-order valence-corrected chi connectivity index (χ2v) is 5.38. The molecule has 0 spiro atoms. The molecule has 18 heavy (non-hydrogen) atoms. The number of nitrogens with two attached hydrogens (primary N) is 1. The number of carboxylic acids is 1. The Morgan fingerprint density at radius 1 is 1.61 bits per heavy atom. The van der Waals surface area contributed by atoms with Crippen LogP contribution in [0.3, 0.4) is 0 Å². The Bertz CT molecular complexity index is 585. The molecule has 2 aromatic rings. The van der Waals surface area contributed by atoms with Crippen molar-refractivity contribution < 1.29 is 9.90 Å². The second kappa shape index (κ2) is 5.32. The van der Waals surface area contributed by atoms with Crippen LogP contribution in [-0.4, -0.2) is 25.4 Å². The second-order valence-electron chi connectivity index (χ2n) is 3.34. The van der Waals surface area contributed by atoms with Gasteiger partial charge < -0.3 is 10.8 Å². The Hall–Kier alpha value is -1.67. The third-order valence-electron chi connectivity index (χ3n) is 2.08. The lowest BCUT2D eigenvalue weighted by molar-refractivity contribution is 0.0693. The van der Waals surface area contributed by atoms with Gasteiger partial charge in [-0.1, -0.05) is 18.7 Å². The summed E-state index contributed by atoms with van der Waals surface area (Å²) in [7, 11) is 0. The van der Waals surface area contributed by atoms with E-state index >= 15 is 0 Å². The molecule has 2 rings (SSSR count). The molecule has 0 radical (unpaired) electrons. The van der Waals surface area contributed by atoms with Crippen molar-refractivity contribution in [1.29, 1.82) is 0 Å². The normalized spacial score (nSPS) is 10.5. The summed E-state index contributed by atoms with van der Waals surface area (Å²) in [6.07, 6.45) is 2.19. The third-order valence-corrected chi connectivity index (χ3v) is 3.92. The molecule has 0 bridgehead atoms. The van der Waals surface area contributed by atoms with Crippen LogP contribution >= 0.6 is 23.3 Å². The van der Waals surface area contributed by atoms with Crippen molar-refractivity contribution in [2.24, 2.45) is 0 Å². The molecule has 6 nitrogen and oxygen atoms in total. The Kier molecular flexibility index (Phi) is 3.78. The molecule has 0 saturated heterocycles. The molecule has 3 N–H and O–H groups in total. The number of aromatic carboxylic acids is 1. The molecule has 0 aliphatic carbocycles. The first kappa shape index (κ1) is 12.8. The van der Waals surface area contributed by atoms with Gasteiger partial charge in [0.1, 0.15) is 11.6 Å². The number of carboxylic acid groups (broad SMARTS) is 1. The van der Waals surface area contributed by atoms with Crippen LogP contribution in [0.15, 0.2) is 21.5 Å². The molecule has 0 unspecified atom stereocenters. The monoisotopic (exact) mass is 282 g/mol. The third kappa shape index (κ3) is 2.77. The van der Waals surface area contributed by atoms with E-state index in [4.69, 9.17) is 10.8 Å². The fourth-order valence-electron chi connectivity index (χ4n) is 1.22. The van der Waals surface area contributed by atoms with Crippen molar-refractivity contribution in [3.8, 4) is 0 Å². The highest BCUT2D eigenvalue weighted by Gasteiger charge is 2.14. The van der Waals surface area contributed by atoms with Gasteiger partial charge in [-0.05, 0) is 17.6 Å². The molecule has 0 amide bonds. The zero-order valence-corrected chi connectivity index (χ0v) is 11.1. The number of hydrogen-bond acceptors (Lipinski definition) is 7. The van der Waals surface area contributed by atoms with Gasteiger partial charge in [-0.3, -0.25) is 0 Å². The van der Waals surface area contributed by atoms with Gasteiger partial charge in [-0.15, -0.1) is 0 Å². The van der Waals surface area contributed by atoms with Gasteiger partial charge in [0.2, 0.25) is 0 Å². The van der Waals surface area contributed by atoms with Gasteiger partial charge in [0.25, 0.3) is 0 Å². The first-order valence-electron chi connectivity index (χ1n) is 5.09. The van der Waals surface area contributed by atoms with Gasteiger partial charge in [0.15, 0.2) is 4.34 Å². The van der Waals surface area contributed by atoms with E-state index in [0.29, 0.717) is 9.24 Å². The van der Waals surface area contributed by atoms with Crippen LogP contribution in [0.2, 0.25) is 0 Å². The van der Waals surface area contributed by atoms with Crippen molar-refractivity contribution in [1.82, 2.24) is 14.3 Å². The summed E-state index contributed by atoms with van der Waals surface area (Å²) in [5.74, 6) is -0.0992. The first-order chi connectivity index (χ1) is 8.60. The minimum absolute atomic E-state index is 0.126. The predicted molar refractivity (Wildman–Crippen MR) is 69.0 cm³/mol. The highest BCUT2D eigenvalue weighted by Crippen LogP contribution is 2.31. The Labute approximate surface area is 111 Å². The van der Waals surface area contributed by atoms with Crippen molar-refractivity contribution in [3.05, 3.63) is 23.7 Å². The van der Waals surface area contributed by atoms with Crippen LogP contribution in [0.1, 0.15) is 23.1 Å². The van der Waals surface area contributed by atoms with Crippen molar-refractivity contribution >= 4 is 35.1 Å². The van der Waals surface area contributed by atoms with Gasteiger partial charge in [-0.2, -0.15) is 4.37 Å². The minimum atomic E-state index is -1.04. The number of aryl methyl sites for hydroxylation is 1. The summed E-state index contributed by atoms with van der Waals surface area (Å²) < 4.78 is 4.84. The fraction of sp³-hybridized carbons (Fsp3) is 0.200. The smallest absolute Gasteiger partial charge is 0.337 e. The zero-order chi connectivity index (χ0) is 13.1. The van der Waals surface area contributed by atoms with Crippen LogP contribution in [0.4, 0.5) is 5.82 Å². The molecule has 0 atom stereocenters. The van der Waals surface area contributed by atoms with E-state index < -0.39 is 5.97 Å². The number of nitrogens with zero attached hydrogens (tertiary/aromatic N) is 3. The van der Waals surface area contributed by atoms with E-state index in [1.165, 1.54) is 35.6 Å². The lowest BCUT2D eigenvalue weighted by Gasteiger charge is -2.03.